The third-order valence-electron chi connectivity index (χ3n) is 5.49. The fourth-order valence-corrected chi connectivity index (χ4v) is 4.14. The summed E-state index contributed by atoms with van der Waals surface area (Å²) in [6.45, 7) is 5.00. The molecule has 146 valence electrons. The van der Waals surface area contributed by atoms with Crippen LogP contribution in [0.25, 0.3) is 0 Å². The van der Waals surface area contributed by atoms with Crippen LogP contribution in [0, 0.1) is 12.8 Å². The third-order valence-corrected chi connectivity index (χ3v) is 5.49. The fourth-order valence-electron chi connectivity index (χ4n) is 4.14. The number of ether oxygens (including phenoxy) is 1. The topological polar surface area (TPSA) is 89.3 Å². The van der Waals surface area contributed by atoms with Crippen LogP contribution in [0.4, 0.5) is 0 Å². The van der Waals surface area contributed by atoms with Gasteiger partial charge in [-0.1, -0.05) is 24.9 Å². The highest BCUT2D eigenvalue weighted by atomic mass is 16.5. The van der Waals surface area contributed by atoms with Crippen molar-refractivity contribution in [1.82, 2.24) is 20.8 Å². The van der Waals surface area contributed by atoms with Gasteiger partial charge >= 0.3 is 0 Å². The van der Waals surface area contributed by atoms with Crippen LogP contribution in [0.3, 0.4) is 0 Å². The van der Waals surface area contributed by atoms with Crippen molar-refractivity contribution in [3.8, 4) is 0 Å². The van der Waals surface area contributed by atoms with E-state index in [1.807, 2.05) is 0 Å². The van der Waals surface area contributed by atoms with Gasteiger partial charge in [-0.3, -0.25) is 4.79 Å². The zero-order valence-electron chi connectivity index (χ0n) is 16.0. The summed E-state index contributed by atoms with van der Waals surface area (Å²) < 4.78 is 11.0. The van der Waals surface area contributed by atoms with Gasteiger partial charge in [-0.05, 0) is 38.5 Å². The highest BCUT2D eigenvalue weighted by Crippen LogP contribution is 2.29. The van der Waals surface area contributed by atoms with Crippen LogP contribution in [-0.4, -0.2) is 40.8 Å². The molecule has 3 atom stereocenters. The van der Waals surface area contributed by atoms with Gasteiger partial charge in [0, 0.05) is 31.5 Å². The van der Waals surface area contributed by atoms with E-state index in [0.717, 1.165) is 32.3 Å². The zero-order valence-corrected chi connectivity index (χ0v) is 16.0. The first-order chi connectivity index (χ1) is 12.7. The average molecular weight is 364 g/mol. The first-order valence-corrected chi connectivity index (χ1v) is 10.1. The molecule has 2 N–H and O–H groups in total. The van der Waals surface area contributed by atoms with E-state index in [1.54, 1.807) is 6.92 Å². The fraction of sp³-hybridized carbons (Fsp3) is 0.842. The molecule has 0 radical (unpaired) electrons. The first-order valence-electron chi connectivity index (χ1n) is 10.1. The van der Waals surface area contributed by atoms with Crippen LogP contribution in [0.15, 0.2) is 4.52 Å². The van der Waals surface area contributed by atoms with E-state index in [9.17, 15) is 4.79 Å². The van der Waals surface area contributed by atoms with Gasteiger partial charge in [-0.15, -0.1) is 0 Å². The minimum absolute atomic E-state index is 0.0170. The van der Waals surface area contributed by atoms with Gasteiger partial charge in [-0.2, -0.15) is 4.98 Å². The maximum absolute atomic E-state index is 12.6. The van der Waals surface area contributed by atoms with Gasteiger partial charge in [0.15, 0.2) is 5.82 Å². The zero-order chi connectivity index (χ0) is 18.4. The van der Waals surface area contributed by atoms with Gasteiger partial charge in [0.1, 0.15) is 0 Å². The monoisotopic (exact) mass is 364 g/mol. The molecule has 0 aromatic carbocycles. The van der Waals surface area contributed by atoms with Crippen molar-refractivity contribution in [3.05, 3.63) is 11.7 Å². The second kappa shape index (κ2) is 9.46. The van der Waals surface area contributed by atoms with E-state index in [-0.39, 0.29) is 24.0 Å². The summed E-state index contributed by atoms with van der Waals surface area (Å²) in [5, 5.41) is 10.6. The standard InChI is InChI=1S/C19H32N4O3/c1-3-10-25-17-9-8-14(11-16(17)22-15-6-4-5-7-15)19(24)20-12-18-21-13(2)26-23-18/h14-17,22H,3-12H2,1-2H3,(H,20,24)/t14-,16+,17+/m0/s1. The third kappa shape index (κ3) is 5.27. The molecule has 2 saturated carbocycles. The molecule has 1 heterocycles. The molecule has 1 amide bonds. The molecule has 26 heavy (non-hydrogen) atoms. The SMILES string of the molecule is CCCO[C@@H]1CC[C@H](C(=O)NCc2noc(C)n2)C[C@H]1NC1CCCC1. The van der Waals surface area contributed by atoms with E-state index in [0.29, 0.717) is 24.3 Å². The lowest BCUT2D eigenvalue weighted by atomic mass is 9.82. The van der Waals surface area contributed by atoms with Crippen molar-refractivity contribution in [3.63, 3.8) is 0 Å². The molecule has 0 bridgehead atoms. The van der Waals surface area contributed by atoms with E-state index in [4.69, 9.17) is 9.26 Å². The average Bonchev–Trinajstić information content (AvgIpc) is 3.30. The van der Waals surface area contributed by atoms with Gasteiger partial charge in [0.25, 0.3) is 0 Å². The summed E-state index contributed by atoms with van der Waals surface area (Å²) in [5.74, 6) is 1.14. The highest BCUT2D eigenvalue weighted by molar-refractivity contribution is 5.78. The van der Waals surface area contributed by atoms with Crippen molar-refractivity contribution >= 4 is 5.91 Å². The summed E-state index contributed by atoms with van der Waals surface area (Å²) in [7, 11) is 0. The van der Waals surface area contributed by atoms with Crippen molar-refractivity contribution in [2.75, 3.05) is 6.61 Å². The lowest BCUT2D eigenvalue weighted by Gasteiger charge is -2.37. The molecule has 2 aliphatic carbocycles. The summed E-state index contributed by atoms with van der Waals surface area (Å²) >= 11 is 0. The lowest BCUT2D eigenvalue weighted by Crippen LogP contribution is -2.51. The second-order valence-corrected chi connectivity index (χ2v) is 7.62. The minimum atomic E-state index is 0.0170. The second-order valence-electron chi connectivity index (χ2n) is 7.62. The van der Waals surface area contributed by atoms with Crippen molar-refractivity contribution in [1.29, 1.82) is 0 Å². The van der Waals surface area contributed by atoms with Crippen LogP contribution in [0.5, 0.6) is 0 Å². The van der Waals surface area contributed by atoms with E-state index >= 15 is 0 Å². The molecule has 0 saturated heterocycles. The predicted molar refractivity (Wildman–Crippen MR) is 97.4 cm³/mol. The number of nitrogens with one attached hydrogen (secondary N) is 2. The molecule has 0 spiro atoms. The van der Waals surface area contributed by atoms with Crippen molar-refractivity contribution in [2.45, 2.75) is 89.9 Å². The van der Waals surface area contributed by atoms with Gasteiger partial charge in [-0.25, -0.2) is 0 Å². The Morgan fingerprint density at radius 3 is 2.77 bits per heavy atom. The molecule has 3 rings (SSSR count). The minimum Gasteiger partial charge on any atom is -0.377 e. The Morgan fingerprint density at radius 2 is 2.08 bits per heavy atom. The number of hydrogen-bond acceptors (Lipinski definition) is 6. The van der Waals surface area contributed by atoms with E-state index in [2.05, 4.69) is 27.7 Å². The lowest BCUT2D eigenvalue weighted by molar-refractivity contribution is -0.128. The Balaban J connectivity index is 1.53. The summed E-state index contributed by atoms with van der Waals surface area (Å²) in [5.41, 5.74) is 0. The number of aromatic nitrogens is 2. The maximum Gasteiger partial charge on any atom is 0.223 e. The summed E-state index contributed by atoms with van der Waals surface area (Å²) in [6, 6.07) is 0.846. The number of hydrogen-bond donors (Lipinski definition) is 2. The Kier molecular flexibility index (Phi) is 7.02. The largest absolute Gasteiger partial charge is 0.377 e. The Morgan fingerprint density at radius 1 is 1.27 bits per heavy atom. The number of amides is 1. The highest BCUT2D eigenvalue weighted by Gasteiger charge is 2.35. The Labute approximate surface area is 155 Å². The van der Waals surface area contributed by atoms with E-state index in [1.165, 1.54) is 25.7 Å². The molecule has 7 nitrogen and oxygen atoms in total. The molecular formula is C19H32N4O3. The molecule has 0 unspecified atom stereocenters. The Bertz CT molecular complexity index is 571. The smallest absolute Gasteiger partial charge is 0.223 e. The number of nitrogens with zero attached hydrogens (tertiary/aromatic N) is 2. The Hall–Kier alpha value is -1.47. The molecule has 0 aliphatic heterocycles. The van der Waals surface area contributed by atoms with Crippen molar-refractivity contribution < 1.29 is 14.1 Å². The number of aryl methyl sites for hydroxylation is 1. The molecule has 1 aromatic rings. The molecule has 2 aliphatic rings. The number of carbonyl (C=O) groups excluding carboxylic acids is 1. The summed E-state index contributed by atoms with van der Waals surface area (Å²) in [4.78, 5) is 16.7. The van der Waals surface area contributed by atoms with Crippen LogP contribution >= 0.6 is 0 Å². The molecule has 7 heteroatoms. The van der Waals surface area contributed by atoms with Gasteiger partial charge in [0.2, 0.25) is 11.8 Å². The van der Waals surface area contributed by atoms with E-state index < -0.39 is 0 Å². The molecular weight excluding hydrogens is 332 g/mol. The quantitative estimate of drug-likeness (QED) is 0.737. The molecule has 2 fully saturated rings. The maximum atomic E-state index is 12.6. The normalized spacial score (nSPS) is 26.9. The first kappa shape index (κ1) is 19.3. The van der Waals surface area contributed by atoms with Crippen LogP contribution in [-0.2, 0) is 16.1 Å². The number of rotatable bonds is 8. The van der Waals surface area contributed by atoms with Crippen LogP contribution in [0.1, 0.15) is 70.0 Å². The summed E-state index contributed by atoms with van der Waals surface area (Å²) in [6.07, 6.45) is 8.98. The van der Waals surface area contributed by atoms with Gasteiger partial charge < -0.3 is 19.9 Å². The number of carbonyl (C=O) groups is 1. The predicted octanol–water partition coefficient (Wildman–Crippen LogP) is 2.49. The van der Waals surface area contributed by atoms with Gasteiger partial charge in [0.05, 0.1) is 12.6 Å². The van der Waals surface area contributed by atoms with Crippen LogP contribution < -0.4 is 10.6 Å². The molecule has 1 aromatic heterocycles. The van der Waals surface area contributed by atoms with Crippen molar-refractivity contribution in [2.24, 2.45) is 5.92 Å². The van der Waals surface area contributed by atoms with Crippen LogP contribution in [0.2, 0.25) is 0 Å².